The summed E-state index contributed by atoms with van der Waals surface area (Å²) in [6.07, 6.45) is 0.907. The number of aryl methyl sites for hydroxylation is 1. The molecule has 0 bridgehead atoms. The molecule has 144 valence electrons. The van der Waals surface area contributed by atoms with Gasteiger partial charge in [0, 0.05) is 24.0 Å². The molecule has 1 saturated heterocycles. The molecule has 0 aliphatic carbocycles. The lowest BCUT2D eigenvalue weighted by Gasteiger charge is -2.30. The molecule has 1 heterocycles. The zero-order valence-corrected chi connectivity index (χ0v) is 17.1. The van der Waals surface area contributed by atoms with Crippen molar-refractivity contribution in [2.75, 3.05) is 18.4 Å². The monoisotopic (exact) mass is 426 g/mol. The highest BCUT2D eigenvalue weighted by atomic mass is 35.5. The molecular formula is C19H20Cl2N2O3S. The number of anilines is 1. The molecule has 0 radical (unpaired) electrons. The highest BCUT2D eigenvalue weighted by molar-refractivity contribution is 7.89. The van der Waals surface area contributed by atoms with Gasteiger partial charge in [0.15, 0.2) is 0 Å². The Labute approximate surface area is 169 Å². The van der Waals surface area contributed by atoms with Crippen molar-refractivity contribution in [3.8, 4) is 0 Å². The summed E-state index contributed by atoms with van der Waals surface area (Å²) in [6.45, 7) is 2.52. The number of sulfonamides is 1. The largest absolute Gasteiger partial charge is 0.324 e. The van der Waals surface area contributed by atoms with Crippen molar-refractivity contribution in [1.29, 1.82) is 0 Å². The van der Waals surface area contributed by atoms with Crippen LogP contribution in [0.1, 0.15) is 18.4 Å². The Bertz CT molecular complexity index is 938. The first-order valence-electron chi connectivity index (χ1n) is 8.60. The SMILES string of the molecule is Cc1ccc(S(=O)(=O)N2CCC(C(=O)Nc3cc(Cl)ccc3Cl)CC2)cc1. The first kappa shape index (κ1) is 20.1. The number of carbonyl (C=O) groups excluding carboxylic acids is 1. The standard InChI is InChI=1S/C19H20Cl2N2O3S/c1-13-2-5-16(6-3-13)27(25,26)23-10-8-14(9-11-23)19(24)22-18-12-15(20)4-7-17(18)21/h2-7,12,14H,8-11H2,1H3,(H,22,24). The van der Waals surface area contributed by atoms with E-state index in [1.165, 1.54) is 4.31 Å². The Balaban J connectivity index is 1.63. The quantitative estimate of drug-likeness (QED) is 0.790. The van der Waals surface area contributed by atoms with Crippen LogP contribution in [0.4, 0.5) is 5.69 Å². The molecule has 2 aromatic carbocycles. The van der Waals surface area contributed by atoms with E-state index in [1.54, 1.807) is 42.5 Å². The number of halogens is 2. The van der Waals surface area contributed by atoms with Gasteiger partial charge in [0.1, 0.15) is 0 Å². The third kappa shape index (κ3) is 4.63. The molecule has 0 aromatic heterocycles. The van der Waals surface area contributed by atoms with E-state index in [0.717, 1.165) is 5.56 Å². The Hall–Kier alpha value is -1.60. The summed E-state index contributed by atoms with van der Waals surface area (Å²) >= 11 is 12.0. The van der Waals surface area contributed by atoms with Gasteiger partial charge in [0.05, 0.1) is 15.6 Å². The van der Waals surface area contributed by atoms with Crippen molar-refractivity contribution in [1.82, 2.24) is 4.31 Å². The van der Waals surface area contributed by atoms with Crippen LogP contribution >= 0.6 is 23.2 Å². The topological polar surface area (TPSA) is 66.5 Å². The molecule has 0 spiro atoms. The lowest BCUT2D eigenvalue weighted by molar-refractivity contribution is -0.120. The number of piperidine rings is 1. The maximum Gasteiger partial charge on any atom is 0.243 e. The summed E-state index contributed by atoms with van der Waals surface area (Å²) in [7, 11) is -3.54. The average molecular weight is 427 g/mol. The molecule has 1 amide bonds. The number of hydrogen-bond acceptors (Lipinski definition) is 3. The average Bonchev–Trinajstić information content (AvgIpc) is 2.65. The van der Waals surface area contributed by atoms with Gasteiger partial charge in [0.25, 0.3) is 0 Å². The van der Waals surface area contributed by atoms with Gasteiger partial charge in [-0.3, -0.25) is 4.79 Å². The van der Waals surface area contributed by atoms with Gasteiger partial charge in [-0.15, -0.1) is 0 Å². The van der Waals surface area contributed by atoms with Gasteiger partial charge in [-0.2, -0.15) is 4.31 Å². The smallest absolute Gasteiger partial charge is 0.243 e. The van der Waals surface area contributed by atoms with Crippen molar-refractivity contribution >= 4 is 44.8 Å². The number of rotatable bonds is 4. The molecule has 5 nitrogen and oxygen atoms in total. The number of benzene rings is 2. The zero-order valence-electron chi connectivity index (χ0n) is 14.8. The van der Waals surface area contributed by atoms with Crippen molar-refractivity contribution in [3.05, 3.63) is 58.1 Å². The molecule has 3 rings (SSSR count). The predicted molar refractivity (Wildman–Crippen MR) is 108 cm³/mol. The van der Waals surface area contributed by atoms with Crippen LogP contribution in [0.3, 0.4) is 0 Å². The summed E-state index contributed by atoms with van der Waals surface area (Å²) in [4.78, 5) is 12.8. The number of amides is 1. The van der Waals surface area contributed by atoms with E-state index in [0.29, 0.717) is 41.7 Å². The predicted octanol–water partition coefficient (Wildman–Crippen LogP) is 4.34. The lowest BCUT2D eigenvalue weighted by atomic mass is 9.97. The first-order valence-corrected chi connectivity index (χ1v) is 10.8. The van der Waals surface area contributed by atoms with Crippen molar-refractivity contribution in [2.45, 2.75) is 24.7 Å². The van der Waals surface area contributed by atoms with E-state index in [-0.39, 0.29) is 16.7 Å². The Morgan fingerprint density at radius 3 is 2.33 bits per heavy atom. The zero-order chi connectivity index (χ0) is 19.6. The van der Waals surface area contributed by atoms with Gasteiger partial charge < -0.3 is 5.32 Å². The molecule has 0 atom stereocenters. The van der Waals surface area contributed by atoms with Crippen LogP contribution < -0.4 is 5.32 Å². The Kier molecular flexibility index (Phi) is 6.11. The fourth-order valence-electron chi connectivity index (χ4n) is 3.05. The van der Waals surface area contributed by atoms with Crippen molar-refractivity contribution in [3.63, 3.8) is 0 Å². The minimum absolute atomic E-state index is 0.174. The molecule has 1 N–H and O–H groups in total. The van der Waals surface area contributed by atoms with E-state index in [9.17, 15) is 13.2 Å². The maximum atomic E-state index is 12.7. The second-order valence-electron chi connectivity index (χ2n) is 6.60. The fraction of sp³-hybridized carbons (Fsp3) is 0.316. The molecule has 1 aliphatic rings. The molecule has 0 unspecified atom stereocenters. The first-order chi connectivity index (χ1) is 12.8. The minimum Gasteiger partial charge on any atom is -0.324 e. The van der Waals surface area contributed by atoms with Crippen LogP contribution in [-0.4, -0.2) is 31.7 Å². The fourth-order valence-corrected chi connectivity index (χ4v) is 4.85. The van der Waals surface area contributed by atoms with Gasteiger partial charge in [0.2, 0.25) is 15.9 Å². The summed E-state index contributed by atoms with van der Waals surface area (Å²) in [5, 5.41) is 3.68. The van der Waals surface area contributed by atoms with Gasteiger partial charge in [-0.1, -0.05) is 40.9 Å². The summed E-state index contributed by atoms with van der Waals surface area (Å²) < 4.78 is 26.9. The van der Waals surface area contributed by atoms with Crippen LogP contribution in [0.2, 0.25) is 10.0 Å². The van der Waals surface area contributed by atoms with Crippen molar-refractivity contribution in [2.24, 2.45) is 5.92 Å². The normalized spacial score (nSPS) is 16.3. The number of carbonyl (C=O) groups is 1. The molecule has 2 aromatic rings. The lowest BCUT2D eigenvalue weighted by Crippen LogP contribution is -2.41. The molecule has 27 heavy (non-hydrogen) atoms. The number of nitrogens with zero attached hydrogens (tertiary/aromatic N) is 1. The molecular weight excluding hydrogens is 407 g/mol. The van der Waals surface area contributed by atoms with Gasteiger partial charge >= 0.3 is 0 Å². The number of nitrogens with one attached hydrogen (secondary N) is 1. The Morgan fingerprint density at radius 1 is 1.07 bits per heavy atom. The summed E-state index contributed by atoms with van der Waals surface area (Å²) in [5.41, 5.74) is 1.47. The second kappa shape index (κ2) is 8.19. The molecule has 0 saturated carbocycles. The van der Waals surface area contributed by atoms with Crippen LogP contribution in [0.15, 0.2) is 47.4 Å². The summed E-state index contributed by atoms with van der Waals surface area (Å²) in [5.74, 6) is -0.448. The highest BCUT2D eigenvalue weighted by Crippen LogP contribution is 2.28. The third-order valence-corrected chi connectivity index (χ3v) is 7.15. The summed E-state index contributed by atoms with van der Waals surface area (Å²) in [6, 6.07) is 11.7. The van der Waals surface area contributed by atoms with Crippen molar-refractivity contribution < 1.29 is 13.2 Å². The van der Waals surface area contributed by atoms with Crippen LogP contribution in [0.25, 0.3) is 0 Å². The van der Waals surface area contributed by atoms with Crippen LogP contribution in [-0.2, 0) is 14.8 Å². The van der Waals surface area contributed by atoms with E-state index >= 15 is 0 Å². The van der Waals surface area contributed by atoms with E-state index in [4.69, 9.17) is 23.2 Å². The van der Waals surface area contributed by atoms with Crippen LogP contribution in [0.5, 0.6) is 0 Å². The minimum atomic E-state index is -3.54. The maximum absolute atomic E-state index is 12.7. The molecule has 1 fully saturated rings. The highest BCUT2D eigenvalue weighted by Gasteiger charge is 2.32. The Morgan fingerprint density at radius 2 is 1.70 bits per heavy atom. The van der Waals surface area contributed by atoms with E-state index in [2.05, 4.69) is 5.32 Å². The van der Waals surface area contributed by atoms with Gasteiger partial charge in [-0.05, 0) is 50.1 Å². The van der Waals surface area contributed by atoms with Gasteiger partial charge in [-0.25, -0.2) is 8.42 Å². The van der Waals surface area contributed by atoms with E-state index < -0.39 is 10.0 Å². The van der Waals surface area contributed by atoms with E-state index in [1.807, 2.05) is 6.92 Å². The second-order valence-corrected chi connectivity index (χ2v) is 9.39. The molecule has 1 aliphatic heterocycles. The molecule has 8 heteroatoms. The number of hydrogen-bond donors (Lipinski definition) is 1. The van der Waals surface area contributed by atoms with Crippen LogP contribution in [0, 0.1) is 12.8 Å². The third-order valence-electron chi connectivity index (χ3n) is 4.67.